The number of aryl methyl sites for hydroxylation is 1. The highest BCUT2D eigenvalue weighted by molar-refractivity contribution is 7.89. The fourth-order valence-electron chi connectivity index (χ4n) is 2.90. The Kier molecular flexibility index (Phi) is 7.11. The molecule has 0 aliphatic carbocycles. The second kappa shape index (κ2) is 8.21. The second-order valence-corrected chi connectivity index (χ2v) is 7.45. The van der Waals surface area contributed by atoms with Gasteiger partial charge in [-0.3, -0.25) is 10.1 Å². The summed E-state index contributed by atoms with van der Waals surface area (Å²) < 4.78 is 32.5. The highest BCUT2D eigenvalue weighted by Crippen LogP contribution is 2.29. The van der Waals surface area contributed by atoms with Crippen LogP contribution in [0.15, 0.2) is 23.1 Å². The molecule has 2 N–H and O–H groups in total. The van der Waals surface area contributed by atoms with Crippen molar-refractivity contribution in [3.8, 4) is 0 Å². The first-order valence-electron chi connectivity index (χ1n) is 7.31. The van der Waals surface area contributed by atoms with Crippen molar-refractivity contribution in [1.29, 1.82) is 0 Å². The summed E-state index contributed by atoms with van der Waals surface area (Å²) in [5.74, 6) is 0. The Labute approximate surface area is 147 Å². The number of non-ortho nitro benzene ring substituents is 1. The molecule has 0 aromatic heterocycles. The summed E-state index contributed by atoms with van der Waals surface area (Å²) >= 11 is 0. The van der Waals surface area contributed by atoms with Gasteiger partial charge < -0.3 is 10.5 Å². The first-order valence-corrected chi connectivity index (χ1v) is 8.75. The normalized spacial score (nSPS) is 22.0. The Balaban J connectivity index is 0.00000288. The van der Waals surface area contributed by atoms with E-state index in [0.29, 0.717) is 24.9 Å². The fraction of sp³-hybridized carbons (Fsp3) is 0.571. The Morgan fingerprint density at radius 2 is 2.12 bits per heavy atom. The lowest BCUT2D eigenvalue weighted by Gasteiger charge is -2.37. The van der Waals surface area contributed by atoms with E-state index in [4.69, 9.17) is 10.5 Å². The molecule has 1 heterocycles. The molecule has 1 aliphatic rings. The molecule has 0 spiro atoms. The van der Waals surface area contributed by atoms with Gasteiger partial charge in [-0.2, -0.15) is 4.31 Å². The molecule has 0 saturated carbocycles. The molecule has 1 aromatic rings. The Morgan fingerprint density at radius 1 is 1.46 bits per heavy atom. The van der Waals surface area contributed by atoms with Crippen LogP contribution in [0.5, 0.6) is 0 Å². The number of piperidine rings is 1. The number of nitrogens with zero attached hydrogens (tertiary/aromatic N) is 2. The Bertz CT molecular complexity index is 698. The average molecular weight is 380 g/mol. The highest BCUT2D eigenvalue weighted by atomic mass is 35.5. The zero-order valence-corrected chi connectivity index (χ0v) is 15.2. The van der Waals surface area contributed by atoms with Crippen LogP contribution in [0.3, 0.4) is 0 Å². The lowest BCUT2D eigenvalue weighted by molar-refractivity contribution is -0.385. The molecule has 1 aromatic carbocycles. The lowest BCUT2D eigenvalue weighted by Crippen LogP contribution is -2.51. The monoisotopic (exact) mass is 379 g/mol. The van der Waals surface area contributed by atoms with Crippen molar-refractivity contribution in [3.63, 3.8) is 0 Å². The average Bonchev–Trinajstić information content (AvgIpc) is 2.53. The lowest BCUT2D eigenvalue weighted by atomic mass is 10.0. The third kappa shape index (κ3) is 4.04. The van der Waals surface area contributed by atoms with Crippen LogP contribution >= 0.6 is 12.4 Å². The molecule has 2 unspecified atom stereocenters. The fourth-order valence-corrected chi connectivity index (χ4v) is 4.77. The van der Waals surface area contributed by atoms with Crippen LogP contribution in [0.4, 0.5) is 5.69 Å². The minimum atomic E-state index is -3.75. The van der Waals surface area contributed by atoms with Crippen LogP contribution in [-0.4, -0.2) is 50.0 Å². The first-order chi connectivity index (χ1) is 10.8. The van der Waals surface area contributed by atoms with Gasteiger partial charge in [-0.25, -0.2) is 8.42 Å². The number of hydrogen-bond acceptors (Lipinski definition) is 6. The van der Waals surface area contributed by atoms with Crippen molar-refractivity contribution in [2.45, 2.75) is 36.8 Å². The van der Waals surface area contributed by atoms with Crippen LogP contribution in [0.25, 0.3) is 0 Å². The van der Waals surface area contributed by atoms with E-state index in [0.717, 1.165) is 0 Å². The third-order valence-corrected chi connectivity index (χ3v) is 6.29. The van der Waals surface area contributed by atoms with Gasteiger partial charge in [0.05, 0.1) is 15.9 Å². The van der Waals surface area contributed by atoms with E-state index in [1.807, 2.05) is 0 Å². The van der Waals surface area contributed by atoms with Gasteiger partial charge in [0.2, 0.25) is 10.0 Å². The van der Waals surface area contributed by atoms with Gasteiger partial charge in [0.1, 0.15) is 0 Å². The van der Waals surface area contributed by atoms with Crippen LogP contribution in [0.1, 0.15) is 18.4 Å². The minimum Gasteiger partial charge on any atom is -0.381 e. The molecule has 0 amide bonds. The van der Waals surface area contributed by atoms with E-state index in [9.17, 15) is 18.5 Å². The molecular formula is C14H22ClN3O5S. The number of benzene rings is 1. The van der Waals surface area contributed by atoms with E-state index in [1.54, 1.807) is 14.0 Å². The number of sulfonamides is 1. The minimum absolute atomic E-state index is 0. The zero-order valence-electron chi connectivity index (χ0n) is 13.5. The maximum atomic E-state index is 12.9. The Morgan fingerprint density at radius 3 is 2.62 bits per heavy atom. The van der Waals surface area contributed by atoms with Crippen LogP contribution < -0.4 is 5.73 Å². The number of nitro groups is 1. The number of halogens is 1. The van der Waals surface area contributed by atoms with Gasteiger partial charge in [0.15, 0.2) is 0 Å². The van der Waals surface area contributed by atoms with E-state index in [-0.39, 0.29) is 41.7 Å². The number of hydrogen-bond donors (Lipinski definition) is 1. The molecule has 1 saturated heterocycles. The Hall–Kier alpha value is -1.26. The van der Waals surface area contributed by atoms with E-state index < -0.39 is 14.9 Å². The molecule has 24 heavy (non-hydrogen) atoms. The van der Waals surface area contributed by atoms with Crippen LogP contribution in [0, 0.1) is 17.0 Å². The quantitative estimate of drug-likeness (QED) is 0.611. The SMILES string of the molecule is COC1CCN(S(=O)(=O)c2ccc([N+](=O)[O-])cc2C)C(CN)C1.Cl. The number of nitro benzene ring substituents is 1. The standard InChI is InChI=1S/C14H21N3O5S.ClH/c1-10-7-11(17(18)19)3-4-14(10)23(20,21)16-6-5-13(22-2)8-12(16)9-15;/h3-4,7,12-13H,5-6,8-9,15H2,1-2H3;1H. The van der Waals surface area contributed by atoms with Gasteiger partial charge in [0.25, 0.3) is 5.69 Å². The summed E-state index contributed by atoms with van der Waals surface area (Å²) in [5.41, 5.74) is 5.96. The molecule has 2 atom stereocenters. The van der Waals surface area contributed by atoms with Crippen LogP contribution in [-0.2, 0) is 14.8 Å². The predicted octanol–water partition coefficient (Wildman–Crippen LogP) is 1.45. The maximum Gasteiger partial charge on any atom is 0.269 e. The van der Waals surface area contributed by atoms with Crippen molar-refractivity contribution in [2.24, 2.45) is 5.73 Å². The molecule has 8 nitrogen and oxygen atoms in total. The summed E-state index contributed by atoms with van der Waals surface area (Å²) in [6.07, 6.45) is 1.13. The smallest absolute Gasteiger partial charge is 0.269 e. The van der Waals surface area contributed by atoms with Crippen molar-refractivity contribution in [2.75, 3.05) is 20.2 Å². The topological polar surface area (TPSA) is 116 Å². The van der Waals surface area contributed by atoms with Crippen molar-refractivity contribution in [1.82, 2.24) is 4.31 Å². The van der Waals surface area contributed by atoms with Crippen molar-refractivity contribution in [3.05, 3.63) is 33.9 Å². The van der Waals surface area contributed by atoms with Gasteiger partial charge in [-0.1, -0.05) is 0 Å². The van der Waals surface area contributed by atoms with E-state index in [2.05, 4.69) is 0 Å². The van der Waals surface area contributed by atoms with E-state index in [1.165, 1.54) is 22.5 Å². The number of nitrogens with two attached hydrogens (primary N) is 1. The summed E-state index contributed by atoms with van der Waals surface area (Å²) in [5, 5.41) is 10.8. The number of rotatable bonds is 5. The van der Waals surface area contributed by atoms with Gasteiger partial charge in [0, 0.05) is 38.4 Å². The largest absolute Gasteiger partial charge is 0.381 e. The first kappa shape index (κ1) is 20.8. The molecule has 2 rings (SSSR count). The van der Waals surface area contributed by atoms with Crippen molar-refractivity contribution >= 4 is 28.1 Å². The predicted molar refractivity (Wildman–Crippen MR) is 91.8 cm³/mol. The molecule has 10 heteroatoms. The summed E-state index contributed by atoms with van der Waals surface area (Å²) in [6, 6.07) is 3.43. The maximum absolute atomic E-state index is 12.9. The second-order valence-electron chi connectivity index (χ2n) is 5.59. The summed E-state index contributed by atoms with van der Waals surface area (Å²) in [7, 11) is -2.15. The zero-order chi connectivity index (χ0) is 17.2. The van der Waals surface area contributed by atoms with Gasteiger partial charge >= 0.3 is 0 Å². The molecule has 1 aliphatic heterocycles. The number of methoxy groups -OCH3 is 1. The molecule has 0 bridgehead atoms. The van der Waals surface area contributed by atoms with Crippen LogP contribution in [0.2, 0.25) is 0 Å². The highest BCUT2D eigenvalue weighted by Gasteiger charge is 2.37. The third-order valence-electron chi connectivity index (χ3n) is 4.18. The van der Waals surface area contributed by atoms with Crippen molar-refractivity contribution < 1.29 is 18.1 Å². The summed E-state index contributed by atoms with van der Waals surface area (Å²) in [6.45, 7) is 2.07. The number of ether oxygens (including phenoxy) is 1. The summed E-state index contributed by atoms with van der Waals surface area (Å²) in [4.78, 5) is 10.3. The van der Waals surface area contributed by atoms with Gasteiger partial charge in [-0.05, 0) is 31.4 Å². The van der Waals surface area contributed by atoms with E-state index >= 15 is 0 Å². The molecule has 0 radical (unpaired) electrons. The molecule has 1 fully saturated rings. The van der Waals surface area contributed by atoms with Gasteiger partial charge in [-0.15, -0.1) is 12.4 Å². The molecule has 136 valence electrons. The molecular weight excluding hydrogens is 358 g/mol.